The number of halogens is 1. The van der Waals surface area contributed by atoms with Gasteiger partial charge in [-0.3, -0.25) is 4.79 Å². The Labute approximate surface area is 160 Å². The van der Waals surface area contributed by atoms with Crippen LogP contribution in [0.2, 0.25) is 0 Å². The smallest absolute Gasteiger partial charge is 0.262 e. The van der Waals surface area contributed by atoms with Crippen molar-refractivity contribution in [3.63, 3.8) is 0 Å². The van der Waals surface area contributed by atoms with E-state index in [0.717, 1.165) is 20.4 Å². The summed E-state index contributed by atoms with van der Waals surface area (Å²) >= 11 is 2.07. The van der Waals surface area contributed by atoms with E-state index in [0.29, 0.717) is 17.1 Å². The lowest BCUT2D eigenvalue weighted by atomic mass is 10.1. The summed E-state index contributed by atoms with van der Waals surface area (Å²) in [5, 5.41) is 14.5. The first-order chi connectivity index (χ1) is 11.9. The number of carbonyl (C=O) groups excluding carboxylic acids is 1. The fraction of sp³-hybridized carbons (Fsp3) is 0.222. The molecule has 1 amide bonds. The van der Waals surface area contributed by atoms with Crippen molar-refractivity contribution in [2.24, 2.45) is 5.16 Å². The number of benzene rings is 2. The molecule has 0 atom stereocenters. The van der Waals surface area contributed by atoms with Crippen molar-refractivity contribution < 1.29 is 19.5 Å². The zero-order chi connectivity index (χ0) is 18.4. The molecule has 2 rings (SSSR count). The molecule has 25 heavy (non-hydrogen) atoms. The molecule has 132 valence electrons. The predicted molar refractivity (Wildman–Crippen MR) is 105 cm³/mol. The van der Waals surface area contributed by atoms with Crippen LogP contribution in [-0.2, 0) is 4.79 Å². The zero-order valence-electron chi connectivity index (χ0n) is 14.2. The summed E-state index contributed by atoms with van der Waals surface area (Å²) in [7, 11) is 1.51. The lowest BCUT2D eigenvalue weighted by Gasteiger charge is -2.14. The molecule has 2 N–H and O–H groups in total. The van der Waals surface area contributed by atoms with E-state index < -0.39 is 0 Å². The van der Waals surface area contributed by atoms with E-state index >= 15 is 0 Å². The molecule has 0 heterocycles. The van der Waals surface area contributed by atoms with Crippen LogP contribution in [0.5, 0.6) is 11.5 Å². The van der Waals surface area contributed by atoms with Gasteiger partial charge in [0.1, 0.15) is 0 Å². The van der Waals surface area contributed by atoms with Crippen molar-refractivity contribution in [1.29, 1.82) is 0 Å². The van der Waals surface area contributed by atoms with E-state index in [1.54, 1.807) is 12.1 Å². The summed E-state index contributed by atoms with van der Waals surface area (Å²) in [6.45, 7) is 3.80. The monoisotopic (exact) mass is 454 g/mol. The minimum Gasteiger partial charge on any atom is -0.493 e. The van der Waals surface area contributed by atoms with Crippen LogP contribution in [0.4, 0.5) is 5.69 Å². The normalized spacial score (nSPS) is 10.7. The summed E-state index contributed by atoms with van der Waals surface area (Å²) in [4.78, 5) is 12.2. The van der Waals surface area contributed by atoms with Crippen LogP contribution in [0.15, 0.2) is 35.5 Å². The maximum absolute atomic E-state index is 12.2. The summed E-state index contributed by atoms with van der Waals surface area (Å²) in [5.41, 5.74) is 3.55. The highest BCUT2D eigenvalue weighted by atomic mass is 127. The molecule has 6 nitrogen and oxygen atoms in total. The number of anilines is 1. The van der Waals surface area contributed by atoms with Crippen LogP contribution in [0.25, 0.3) is 0 Å². The van der Waals surface area contributed by atoms with Crippen LogP contribution in [0.1, 0.15) is 16.7 Å². The molecule has 2 aromatic rings. The van der Waals surface area contributed by atoms with Gasteiger partial charge >= 0.3 is 0 Å². The Bertz CT molecular complexity index is 806. The van der Waals surface area contributed by atoms with Gasteiger partial charge in [0.2, 0.25) is 0 Å². The first-order valence-corrected chi connectivity index (χ1v) is 8.57. The lowest BCUT2D eigenvalue weighted by Crippen LogP contribution is -2.21. The molecule has 0 aliphatic rings. The third kappa shape index (κ3) is 5.09. The number of nitrogens with zero attached hydrogens (tertiary/aromatic N) is 1. The maximum atomic E-state index is 12.2. The number of amides is 1. The van der Waals surface area contributed by atoms with E-state index in [2.05, 4.69) is 33.1 Å². The van der Waals surface area contributed by atoms with Gasteiger partial charge in [0, 0.05) is 11.3 Å². The summed E-state index contributed by atoms with van der Waals surface area (Å²) in [5.74, 6) is 0.667. The molecule has 7 heteroatoms. The van der Waals surface area contributed by atoms with Gasteiger partial charge in [-0.25, -0.2) is 0 Å². The minimum absolute atomic E-state index is 0.146. The average molecular weight is 454 g/mol. The summed E-state index contributed by atoms with van der Waals surface area (Å²) < 4.78 is 11.7. The highest BCUT2D eigenvalue weighted by Crippen LogP contribution is 2.33. The van der Waals surface area contributed by atoms with Gasteiger partial charge in [-0.05, 0) is 60.2 Å². The molecule has 0 saturated heterocycles. The molecule has 0 aliphatic heterocycles. The average Bonchev–Trinajstić information content (AvgIpc) is 2.56. The molecule has 0 spiro atoms. The van der Waals surface area contributed by atoms with Crippen molar-refractivity contribution >= 4 is 40.4 Å². The van der Waals surface area contributed by atoms with Gasteiger partial charge in [-0.15, -0.1) is 0 Å². The summed E-state index contributed by atoms with van der Waals surface area (Å²) in [6.07, 6.45) is 1.29. The number of hydrogen-bond acceptors (Lipinski definition) is 5. The topological polar surface area (TPSA) is 80.2 Å². The van der Waals surface area contributed by atoms with E-state index in [-0.39, 0.29) is 12.5 Å². The van der Waals surface area contributed by atoms with Crippen LogP contribution in [0.3, 0.4) is 0 Å². The number of ether oxygens (including phenoxy) is 2. The standard InChI is InChI=1S/C18H19IN2O4/c1-11-4-5-15(12(2)6-11)21-17(22)10-25-18-14(19)7-13(9-20-23)8-16(18)24-3/h4-9,23H,10H2,1-3H3,(H,21,22)/b20-9+. The molecule has 0 saturated carbocycles. The molecule has 0 bridgehead atoms. The molecule has 2 aromatic carbocycles. The second kappa shape index (κ2) is 8.70. The van der Waals surface area contributed by atoms with Crippen molar-refractivity contribution in [3.05, 3.63) is 50.6 Å². The van der Waals surface area contributed by atoms with Gasteiger partial charge in [0.25, 0.3) is 5.91 Å². The number of hydrogen-bond donors (Lipinski definition) is 2. The molecule has 0 fully saturated rings. The van der Waals surface area contributed by atoms with Crippen molar-refractivity contribution in [2.75, 3.05) is 19.0 Å². The highest BCUT2D eigenvalue weighted by molar-refractivity contribution is 14.1. The van der Waals surface area contributed by atoms with E-state index in [9.17, 15) is 4.79 Å². The van der Waals surface area contributed by atoms with Gasteiger partial charge in [-0.2, -0.15) is 0 Å². The predicted octanol–water partition coefficient (Wildman–Crippen LogP) is 3.74. The fourth-order valence-corrected chi connectivity index (χ4v) is 3.08. The Balaban J connectivity index is 2.08. The summed E-state index contributed by atoms with van der Waals surface area (Å²) in [6, 6.07) is 9.25. The largest absolute Gasteiger partial charge is 0.493 e. The highest BCUT2D eigenvalue weighted by Gasteiger charge is 2.13. The van der Waals surface area contributed by atoms with Gasteiger partial charge in [0.15, 0.2) is 18.1 Å². The van der Waals surface area contributed by atoms with Crippen LogP contribution < -0.4 is 14.8 Å². The first kappa shape index (κ1) is 19.0. The minimum atomic E-state index is -0.259. The van der Waals surface area contributed by atoms with Gasteiger partial charge in [0.05, 0.1) is 16.9 Å². The fourth-order valence-electron chi connectivity index (χ4n) is 2.30. The Hall–Kier alpha value is -2.29. The lowest BCUT2D eigenvalue weighted by molar-refractivity contribution is -0.118. The van der Waals surface area contributed by atoms with Gasteiger partial charge < -0.3 is 20.0 Å². The Kier molecular flexibility index (Phi) is 6.63. The van der Waals surface area contributed by atoms with E-state index in [1.165, 1.54) is 13.3 Å². The number of oxime groups is 1. The van der Waals surface area contributed by atoms with E-state index in [4.69, 9.17) is 14.7 Å². The second-order valence-corrected chi connectivity index (χ2v) is 6.60. The molecule has 0 aromatic heterocycles. The quantitative estimate of drug-likeness (QED) is 0.302. The Morgan fingerprint density at radius 3 is 2.72 bits per heavy atom. The number of methoxy groups -OCH3 is 1. The van der Waals surface area contributed by atoms with Gasteiger partial charge in [-0.1, -0.05) is 22.9 Å². The number of nitrogens with one attached hydrogen (secondary N) is 1. The van der Waals surface area contributed by atoms with Crippen LogP contribution >= 0.6 is 22.6 Å². The van der Waals surface area contributed by atoms with Crippen LogP contribution in [0, 0.1) is 17.4 Å². The Morgan fingerprint density at radius 1 is 1.32 bits per heavy atom. The third-order valence-electron chi connectivity index (χ3n) is 3.46. The zero-order valence-corrected chi connectivity index (χ0v) is 16.3. The molecule has 0 radical (unpaired) electrons. The Morgan fingerprint density at radius 2 is 2.08 bits per heavy atom. The van der Waals surface area contributed by atoms with Crippen molar-refractivity contribution in [2.45, 2.75) is 13.8 Å². The SMILES string of the molecule is COc1cc(/C=N/O)cc(I)c1OCC(=O)Nc1ccc(C)cc1C. The third-order valence-corrected chi connectivity index (χ3v) is 4.26. The number of aryl methyl sites for hydroxylation is 2. The molecule has 0 unspecified atom stereocenters. The molecular weight excluding hydrogens is 435 g/mol. The van der Waals surface area contributed by atoms with Crippen LogP contribution in [-0.4, -0.2) is 31.0 Å². The molecule has 0 aliphatic carbocycles. The number of rotatable bonds is 6. The second-order valence-electron chi connectivity index (χ2n) is 5.43. The van der Waals surface area contributed by atoms with E-state index in [1.807, 2.05) is 32.0 Å². The number of carbonyl (C=O) groups is 1. The molecular formula is C18H19IN2O4. The maximum Gasteiger partial charge on any atom is 0.262 e. The van der Waals surface area contributed by atoms with Crippen molar-refractivity contribution in [1.82, 2.24) is 0 Å². The first-order valence-electron chi connectivity index (χ1n) is 7.49. The van der Waals surface area contributed by atoms with Crippen molar-refractivity contribution in [3.8, 4) is 11.5 Å².